The molecule has 1 saturated heterocycles. The summed E-state index contributed by atoms with van der Waals surface area (Å²) in [6, 6.07) is 5.38. The Hall–Kier alpha value is -2.54. The van der Waals surface area contributed by atoms with E-state index in [0.717, 1.165) is 25.7 Å². The number of hydrogen-bond acceptors (Lipinski definition) is 6. The van der Waals surface area contributed by atoms with Gasteiger partial charge in [0.2, 0.25) is 0 Å². The zero-order chi connectivity index (χ0) is 21.1. The molecule has 2 aliphatic heterocycles. The average Bonchev–Trinajstić information content (AvgIpc) is 2.94. The van der Waals surface area contributed by atoms with Crippen LogP contribution in [0.2, 0.25) is 0 Å². The number of ether oxygens (including phenoxy) is 3. The second kappa shape index (κ2) is 9.08. The highest BCUT2D eigenvalue weighted by Crippen LogP contribution is 2.38. The maximum absolute atomic E-state index is 13.7. The molecule has 30 heavy (non-hydrogen) atoms. The van der Waals surface area contributed by atoms with Crippen LogP contribution in [0.15, 0.2) is 23.9 Å². The Bertz CT molecular complexity index is 836. The zero-order valence-electron chi connectivity index (χ0n) is 17.8. The molecule has 0 atom stereocenters. The van der Waals surface area contributed by atoms with E-state index in [1.54, 1.807) is 26.4 Å². The van der Waals surface area contributed by atoms with Crippen LogP contribution in [0.25, 0.3) is 5.57 Å². The Kier molecular flexibility index (Phi) is 6.27. The van der Waals surface area contributed by atoms with Gasteiger partial charge in [-0.1, -0.05) is 31.7 Å². The lowest BCUT2D eigenvalue weighted by Gasteiger charge is -2.31. The summed E-state index contributed by atoms with van der Waals surface area (Å²) in [5, 5.41) is 0. The third kappa shape index (κ3) is 3.78. The summed E-state index contributed by atoms with van der Waals surface area (Å²) in [6.45, 7) is 2.30. The minimum Gasteiger partial charge on any atom is -0.493 e. The molecule has 0 spiro atoms. The number of rotatable bonds is 5. The van der Waals surface area contributed by atoms with Crippen molar-refractivity contribution in [2.45, 2.75) is 44.6 Å². The van der Waals surface area contributed by atoms with Crippen molar-refractivity contribution in [2.75, 3.05) is 40.5 Å². The number of morpholine rings is 1. The molecule has 2 amide bonds. The number of nitrogens with zero attached hydrogens (tertiary/aromatic N) is 2. The van der Waals surface area contributed by atoms with Gasteiger partial charge >= 0.3 is 0 Å². The van der Waals surface area contributed by atoms with Crippen LogP contribution in [0.1, 0.15) is 44.1 Å². The van der Waals surface area contributed by atoms with Crippen molar-refractivity contribution in [3.63, 3.8) is 0 Å². The molecule has 0 unspecified atom stereocenters. The maximum Gasteiger partial charge on any atom is 0.278 e. The summed E-state index contributed by atoms with van der Waals surface area (Å²) < 4.78 is 16.3. The first-order valence-electron chi connectivity index (χ1n) is 10.8. The van der Waals surface area contributed by atoms with Gasteiger partial charge in [-0.05, 0) is 30.5 Å². The quantitative estimate of drug-likeness (QED) is 0.545. The lowest BCUT2D eigenvalue weighted by molar-refractivity contribution is -0.140. The Morgan fingerprint density at radius 1 is 0.900 bits per heavy atom. The smallest absolute Gasteiger partial charge is 0.278 e. The molecule has 0 bridgehead atoms. The molecule has 0 aromatic heterocycles. The van der Waals surface area contributed by atoms with E-state index in [2.05, 4.69) is 0 Å². The van der Waals surface area contributed by atoms with Crippen molar-refractivity contribution in [3.05, 3.63) is 29.5 Å². The molecule has 4 rings (SSSR count). The normalized spacial score (nSPS) is 21.3. The summed E-state index contributed by atoms with van der Waals surface area (Å²) in [5.74, 6) is 0.767. The van der Waals surface area contributed by atoms with Gasteiger partial charge in [-0.25, -0.2) is 0 Å². The second-order valence-electron chi connectivity index (χ2n) is 8.02. The summed E-state index contributed by atoms with van der Waals surface area (Å²) in [7, 11) is 3.15. The molecule has 7 nitrogen and oxygen atoms in total. The van der Waals surface area contributed by atoms with Gasteiger partial charge in [-0.15, -0.1) is 0 Å². The van der Waals surface area contributed by atoms with Crippen LogP contribution in [0.3, 0.4) is 0 Å². The van der Waals surface area contributed by atoms with Gasteiger partial charge in [0.15, 0.2) is 11.5 Å². The molecule has 1 aliphatic carbocycles. The van der Waals surface area contributed by atoms with Crippen molar-refractivity contribution < 1.29 is 23.8 Å². The lowest BCUT2D eigenvalue weighted by atomic mass is 10.0. The van der Waals surface area contributed by atoms with E-state index in [4.69, 9.17) is 14.2 Å². The predicted octanol–water partition coefficient (Wildman–Crippen LogP) is 2.84. The molecule has 3 aliphatic rings. The Morgan fingerprint density at radius 2 is 1.57 bits per heavy atom. The van der Waals surface area contributed by atoms with Crippen LogP contribution < -0.4 is 9.47 Å². The first-order chi connectivity index (χ1) is 14.7. The third-order valence-electron chi connectivity index (χ3n) is 6.28. The van der Waals surface area contributed by atoms with E-state index in [1.807, 2.05) is 11.0 Å². The summed E-state index contributed by atoms with van der Waals surface area (Å²) in [4.78, 5) is 30.8. The van der Waals surface area contributed by atoms with Crippen LogP contribution in [0.4, 0.5) is 0 Å². The molecule has 1 saturated carbocycles. The lowest BCUT2D eigenvalue weighted by Crippen LogP contribution is -2.44. The van der Waals surface area contributed by atoms with Crippen LogP contribution in [0.5, 0.6) is 11.5 Å². The Balaban J connectivity index is 1.77. The fourth-order valence-corrected chi connectivity index (χ4v) is 4.71. The third-order valence-corrected chi connectivity index (χ3v) is 6.28. The van der Waals surface area contributed by atoms with E-state index >= 15 is 0 Å². The number of hydrogen-bond donors (Lipinski definition) is 0. The monoisotopic (exact) mass is 414 g/mol. The van der Waals surface area contributed by atoms with Gasteiger partial charge < -0.3 is 19.1 Å². The predicted molar refractivity (Wildman–Crippen MR) is 112 cm³/mol. The summed E-state index contributed by atoms with van der Waals surface area (Å²) >= 11 is 0. The van der Waals surface area contributed by atoms with Crippen molar-refractivity contribution in [2.24, 2.45) is 0 Å². The second-order valence-corrected chi connectivity index (χ2v) is 8.02. The van der Waals surface area contributed by atoms with Crippen LogP contribution in [-0.4, -0.2) is 68.2 Å². The van der Waals surface area contributed by atoms with Crippen molar-refractivity contribution in [3.8, 4) is 11.5 Å². The topological polar surface area (TPSA) is 68.3 Å². The van der Waals surface area contributed by atoms with E-state index < -0.39 is 0 Å². The number of methoxy groups -OCH3 is 2. The van der Waals surface area contributed by atoms with Crippen molar-refractivity contribution in [1.82, 2.24) is 9.80 Å². The minimum atomic E-state index is -0.194. The van der Waals surface area contributed by atoms with Crippen LogP contribution in [0, 0.1) is 0 Å². The van der Waals surface area contributed by atoms with Gasteiger partial charge in [-0.3, -0.25) is 14.5 Å². The van der Waals surface area contributed by atoms with Gasteiger partial charge in [0.05, 0.1) is 33.0 Å². The van der Waals surface area contributed by atoms with Gasteiger partial charge in [-0.2, -0.15) is 0 Å². The highest BCUT2D eigenvalue weighted by atomic mass is 16.5. The fourth-order valence-electron chi connectivity index (χ4n) is 4.71. The number of carbonyl (C=O) groups is 2. The van der Waals surface area contributed by atoms with Gasteiger partial charge in [0, 0.05) is 19.1 Å². The highest BCUT2D eigenvalue weighted by molar-refractivity contribution is 6.35. The highest BCUT2D eigenvalue weighted by Gasteiger charge is 2.45. The first kappa shape index (κ1) is 20.7. The first-order valence-corrected chi connectivity index (χ1v) is 10.8. The van der Waals surface area contributed by atoms with Crippen molar-refractivity contribution in [1.29, 1.82) is 0 Å². The zero-order valence-corrected chi connectivity index (χ0v) is 17.8. The molecule has 7 heteroatoms. The Labute approximate surface area is 177 Å². The molecule has 0 N–H and O–H groups in total. The largest absolute Gasteiger partial charge is 0.493 e. The molecular formula is C23H30N2O5. The maximum atomic E-state index is 13.7. The van der Waals surface area contributed by atoms with E-state index in [9.17, 15) is 9.59 Å². The van der Waals surface area contributed by atoms with E-state index in [0.29, 0.717) is 54.6 Å². The SMILES string of the molecule is COc1ccc(C2=C(N3CCOCC3)C(=O)N(C3CCCCCC3)C2=O)cc1OC. The Morgan fingerprint density at radius 3 is 2.20 bits per heavy atom. The number of imide groups is 1. The van der Waals surface area contributed by atoms with E-state index in [1.165, 1.54) is 17.7 Å². The van der Waals surface area contributed by atoms with E-state index in [-0.39, 0.29) is 17.9 Å². The molecular weight excluding hydrogens is 384 g/mol. The average molecular weight is 415 g/mol. The molecule has 0 radical (unpaired) electrons. The molecule has 162 valence electrons. The number of carbonyl (C=O) groups excluding carboxylic acids is 2. The minimum absolute atomic E-state index is 0.0267. The summed E-state index contributed by atoms with van der Waals surface area (Å²) in [6.07, 6.45) is 6.21. The van der Waals surface area contributed by atoms with Crippen LogP contribution in [-0.2, 0) is 14.3 Å². The molecule has 1 aromatic carbocycles. The molecule has 1 aromatic rings. The van der Waals surface area contributed by atoms with Gasteiger partial charge in [0.1, 0.15) is 5.70 Å². The van der Waals surface area contributed by atoms with Crippen LogP contribution >= 0.6 is 0 Å². The standard InChI is InChI=1S/C23H30N2O5/c1-28-18-10-9-16(15-19(18)29-2)20-21(24-11-13-30-14-12-24)23(27)25(22(20)26)17-7-5-3-4-6-8-17/h9-10,15,17H,3-8,11-14H2,1-2H3. The van der Waals surface area contributed by atoms with Gasteiger partial charge in [0.25, 0.3) is 11.8 Å². The fraction of sp³-hybridized carbons (Fsp3) is 0.565. The number of benzene rings is 1. The summed E-state index contributed by atoms with van der Waals surface area (Å²) in [5.41, 5.74) is 1.65. The number of amides is 2. The van der Waals surface area contributed by atoms with Crippen molar-refractivity contribution >= 4 is 17.4 Å². The molecule has 2 fully saturated rings. The molecule has 2 heterocycles.